The number of aromatic hydroxyl groups is 1. The van der Waals surface area contributed by atoms with E-state index in [-0.39, 0.29) is 35.7 Å². The maximum atomic E-state index is 13.8. The van der Waals surface area contributed by atoms with Gasteiger partial charge in [0, 0.05) is 6.42 Å². The van der Waals surface area contributed by atoms with Crippen LogP contribution in [-0.4, -0.2) is 76.0 Å². The number of piperidine rings is 1. The number of ether oxygens (including phenoxy) is 1. The van der Waals surface area contributed by atoms with E-state index in [2.05, 4.69) is 15.5 Å². The van der Waals surface area contributed by atoms with Crippen molar-refractivity contribution in [1.29, 1.82) is 0 Å². The molecule has 9 nitrogen and oxygen atoms in total. The number of hydrogen-bond donors (Lipinski definition) is 3. The molecule has 1 aliphatic heterocycles. The first-order chi connectivity index (χ1) is 19.6. The van der Waals surface area contributed by atoms with Gasteiger partial charge in [-0.15, -0.1) is 0 Å². The molecule has 10 heteroatoms. The number of carbonyl (C=O) groups is 4. The van der Waals surface area contributed by atoms with Crippen molar-refractivity contribution in [2.75, 3.05) is 26.2 Å². The Morgan fingerprint density at radius 1 is 1.02 bits per heavy atom. The molecule has 1 heterocycles. The summed E-state index contributed by atoms with van der Waals surface area (Å²) in [4.78, 5) is 55.5. The maximum absolute atomic E-state index is 13.8. The molecule has 1 saturated carbocycles. The summed E-state index contributed by atoms with van der Waals surface area (Å²) >= 11 is 1.06. The van der Waals surface area contributed by atoms with Crippen molar-refractivity contribution in [2.45, 2.75) is 102 Å². The van der Waals surface area contributed by atoms with Crippen molar-refractivity contribution in [2.24, 2.45) is 5.92 Å². The van der Waals surface area contributed by atoms with Crippen LogP contribution in [0.1, 0.15) is 84.1 Å². The van der Waals surface area contributed by atoms with Crippen molar-refractivity contribution >= 4 is 34.7 Å². The molecule has 228 valence electrons. The summed E-state index contributed by atoms with van der Waals surface area (Å²) in [6.45, 7) is 8.21. The Balaban J connectivity index is 1.71. The largest absolute Gasteiger partial charge is 0.508 e. The van der Waals surface area contributed by atoms with Gasteiger partial charge in [-0.05, 0) is 68.8 Å². The molecule has 1 aromatic carbocycles. The molecular weight excluding hydrogens is 542 g/mol. The van der Waals surface area contributed by atoms with E-state index >= 15 is 0 Å². The van der Waals surface area contributed by atoms with Gasteiger partial charge in [0.2, 0.25) is 16.9 Å². The molecule has 0 spiro atoms. The molecule has 1 saturated heterocycles. The molecule has 0 radical (unpaired) electrons. The summed E-state index contributed by atoms with van der Waals surface area (Å²) in [5, 5.41) is 14.9. The monoisotopic (exact) mass is 589 g/mol. The van der Waals surface area contributed by atoms with E-state index < -0.39 is 28.7 Å². The number of phenolic OH excluding ortho intramolecular Hbond substituents is 1. The number of rotatable bonds is 14. The van der Waals surface area contributed by atoms with Crippen molar-refractivity contribution < 1.29 is 29.0 Å². The number of esters is 1. The third-order valence-electron chi connectivity index (χ3n) is 7.89. The van der Waals surface area contributed by atoms with Gasteiger partial charge in [-0.2, -0.15) is 0 Å². The average Bonchev–Trinajstić information content (AvgIpc) is 3.42. The molecule has 3 N–H and O–H groups in total. The van der Waals surface area contributed by atoms with Crippen LogP contribution in [0.25, 0.3) is 0 Å². The van der Waals surface area contributed by atoms with E-state index in [0.717, 1.165) is 68.9 Å². The minimum Gasteiger partial charge on any atom is -0.508 e. The van der Waals surface area contributed by atoms with Crippen LogP contribution in [0, 0.1) is 5.92 Å². The number of hydrogen-bond acceptors (Lipinski definition) is 8. The molecular formula is C31H47N3O6S. The van der Waals surface area contributed by atoms with E-state index in [1.165, 1.54) is 18.6 Å². The molecule has 2 amide bonds. The molecule has 2 atom stereocenters. The Labute approximate surface area is 248 Å². The quantitative estimate of drug-likeness (QED) is 0.220. The number of unbranched alkanes of at least 4 members (excludes halogenated alkanes) is 1. The van der Waals surface area contributed by atoms with Gasteiger partial charge in [-0.1, -0.05) is 70.3 Å². The van der Waals surface area contributed by atoms with Crippen LogP contribution < -0.4 is 10.6 Å². The van der Waals surface area contributed by atoms with E-state index in [0.29, 0.717) is 19.4 Å². The lowest BCUT2D eigenvalue weighted by atomic mass is 9.94. The van der Waals surface area contributed by atoms with Gasteiger partial charge in [-0.25, -0.2) is 4.79 Å². The minimum absolute atomic E-state index is 0.0329. The number of carbonyl (C=O) groups excluding carboxylic acids is 4. The first-order valence-corrected chi connectivity index (χ1v) is 16.0. The predicted molar refractivity (Wildman–Crippen MR) is 160 cm³/mol. The fraction of sp³-hybridized carbons (Fsp3) is 0.677. The summed E-state index contributed by atoms with van der Waals surface area (Å²) < 4.78 is 5.46. The van der Waals surface area contributed by atoms with Gasteiger partial charge < -0.3 is 20.5 Å². The van der Waals surface area contributed by atoms with Crippen LogP contribution in [0.5, 0.6) is 5.75 Å². The fourth-order valence-electron chi connectivity index (χ4n) is 5.44. The van der Waals surface area contributed by atoms with E-state index in [9.17, 15) is 24.3 Å². The molecule has 0 bridgehead atoms. The van der Waals surface area contributed by atoms with Crippen LogP contribution in [0.3, 0.4) is 0 Å². The highest BCUT2D eigenvalue weighted by molar-refractivity contribution is 8.14. The van der Waals surface area contributed by atoms with Crippen LogP contribution in [0.2, 0.25) is 0 Å². The maximum Gasteiger partial charge on any atom is 0.328 e. The average molecular weight is 590 g/mol. The highest BCUT2D eigenvalue weighted by atomic mass is 32.2. The second kappa shape index (κ2) is 16.2. The highest BCUT2D eigenvalue weighted by Crippen LogP contribution is 2.32. The Morgan fingerprint density at radius 3 is 2.29 bits per heavy atom. The molecule has 0 unspecified atom stereocenters. The van der Waals surface area contributed by atoms with Crippen molar-refractivity contribution in [1.82, 2.24) is 15.5 Å². The Bertz CT molecular complexity index is 1020. The van der Waals surface area contributed by atoms with E-state index in [1.54, 1.807) is 12.1 Å². The third-order valence-corrected chi connectivity index (χ3v) is 9.29. The minimum atomic E-state index is -1.16. The first-order valence-electron chi connectivity index (χ1n) is 15.1. The lowest BCUT2D eigenvalue weighted by Gasteiger charge is -2.33. The number of thioether (sulfide) groups is 1. The molecule has 2 aliphatic rings. The number of amides is 2. The normalized spacial score (nSPS) is 18.4. The topological polar surface area (TPSA) is 125 Å². The number of phenols is 1. The van der Waals surface area contributed by atoms with Gasteiger partial charge in [0.15, 0.2) is 0 Å². The summed E-state index contributed by atoms with van der Waals surface area (Å²) in [5.41, 5.74) is -0.397. The summed E-state index contributed by atoms with van der Waals surface area (Å²) in [7, 11) is 0. The SMILES string of the molecule is CCCCOC(=O)[C@H](Cc1ccc(O)cc1)NC(=O)C1(NC(=O)[C@@H](SC(=O)CN2CCCCC2)C(C)C)CCCC1. The molecule has 0 aromatic heterocycles. The van der Waals surface area contributed by atoms with E-state index in [1.807, 2.05) is 20.8 Å². The Kier molecular flexibility index (Phi) is 13.0. The lowest BCUT2D eigenvalue weighted by molar-refractivity contribution is -0.149. The summed E-state index contributed by atoms with van der Waals surface area (Å²) in [5.74, 6) is -1.26. The van der Waals surface area contributed by atoms with Gasteiger partial charge in [-0.3, -0.25) is 19.3 Å². The summed E-state index contributed by atoms with van der Waals surface area (Å²) in [6, 6.07) is 5.52. The fourth-order valence-corrected chi connectivity index (χ4v) is 6.42. The smallest absolute Gasteiger partial charge is 0.328 e. The zero-order valence-electron chi connectivity index (χ0n) is 24.8. The van der Waals surface area contributed by atoms with Gasteiger partial charge in [0.1, 0.15) is 17.3 Å². The zero-order valence-corrected chi connectivity index (χ0v) is 25.6. The van der Waals surface area contributed by atoms with Crippen molar-refractivity contribution in [3.05, 3.63) is 29.8 Å². The molecule has 3 rings (SSSR count). The molecule has 1 aromatic rings. The molecule has 1 aliphatic carbocycles. The van der Waals surface area contributed by atoms with Crippen LogP contribution in [0.15, 0.2) is 24.3 Å². The first kappa shape index (κ1) is 32.9. The standard InChI is InChI=1S/C31H47N3O6S/c1-4-5-19-40-29(38)25(20-23-11-13-24(35)14-12-23)32-30(39)31(15-7-8-16-31)33-28(37)27(22(2)3)41-26(36)21-34-17-9-6-10-18-34/h11-14,22,25,27,35H,4-10,15-21H2,1-3H3,(H,32,39)(H,33,37)/t25-,27-/m0/s1. The van der Waals surface area contributed by atoms with Crippen molar-refractivity contribution in [3.8, 4) is 5.75 Å². The Morgan fingerprint density at radius 2 is 1.68 bits per heavy atom. The zero-order chi connectivity index (χ0) is 29.8. The highest BCUT2D eigenvalue weighted by Gasteiger charge is 2.45. The third kappa shape index (κ3) is 10.0. The van der Waals surface area contributed by atoms with Gasteiger partial charge in [0.25, 0.3) is 0 Å². The number of nitrogens with zero attached hydrogens (tertiary/aromatic N) is 1. The predicted octanol–water partition coefficient (Wildman–Crippen LogP) is 3.96. The summed E-state index contributed by atoms with van der Waals surface area (Å²) in [6.07, 6.45) is 7.59. The van der Waals surface area contributed by atoms with Crippen LogP contribution >= 0.6 is 11.8 Å². The number of nitrogens with one attached hydrogen (secondary N) is 2. The number of benzene rings is 1. The van der Waals surface area contributed by atoms with Gasteiger partial charge >= 0.3 is 5.97 Å². The second-order valence-corrected chi connectivity index (χ2v) is 12.9. The molecule has 2 fully saturated rings. The van der Waals surface area contributed by atoms with Gasteiger partial charge in [0.05, 0.1) is 18.4 Å². The second-order valence-electron chi connectivity index (χ2n) is 11.7. The lowest BCUT2D eigenvalue weighted by Crippen LogP contribution is -2.61. The Hall–Kier alpha value is -2.59. The number of likely N-dealkylation sites (tertiary alicyclic amines) is 1. The van der Waals surface area contributed by atoms with Crippen molar-refractivity contribution in [3.63, 3.8) is 0 Å². The molecule has 41 heavy (non-hydrogen) atoms. The van der Waals surface area contributed by atoms with E-state index in [4.69, 9.17) is 4.74 Å². The van der Waals surface area contributed by atoms with Crippen LogP contribution in [0.4, 0.5) is 0 Å². The van der Waals surface area contributed by atoms with Crippen LogP contribution in [-0.2, 0) is 30.3 Å².